The molecule has 0 radical (unpaired) electrons. The summed E-state index contributed by atoms with van der Waals surface area (Å²) in [5, 5.41) is 9.71. The Labute approximate surface area is 163 Å². The third kappa shape index (κ3) is 4.94. The molecule has 5 nitrogen and oxygen atoms in total. The Balaban J connectivity index is 1.54. The minimum Gasteiger partial charge on any atom is -0.368 e. The number of piperazine rings is 1. The van der Waals surface area contributed by atoms with Gasteiger partial charge in [-0.1, -0.05) is 48.4 Å². The molecule has 1 fully saturated rings. The zero-order chi connectivity index (χ0) is 17.6. The number of benzene rings is 1. The standard InChI is InChI=1S/C17H24ClN5S2/c1-2-3-8-19-16-20-23(17(24)25-16)13-21-9-11-22(12-10-21)15-7-5-4-6-14(15)18/h4-7H,2-3,8-13H2,1H3,(H,19,20). The molecule has 8 heteroatoms. The van der Waals surface area contributed by atoms with Gasteiger partial charge in [0.2, 0.25) is 5.13 Å². The number of nitrogens with one attached hydrogen (secondary N) is 1. The van der Waals surface area contributed by atoms with E-state index in [1.165, 1.54) is 6.42 Å². The number of rotatable bonds is 7. The van der Waals surface area contributed by atoms with Gasteiger partial charge in [-0.05, 0) is 30.8 Å². The lowest BCUT2D eigenvalue weighted by Crippen LogP contribution is -2.47. The maximum absolute atomic E-state index is 6.31. The van der Waals surface area contributed by atoms with Crippen LogP contribution in [-0.4, -0.2) is 47.4 Å². The third-order valence-corrected chi connectivity index (χ3v) is 5.90. The van der Waals surface area contributed by atoms with Crippen molar-refractivity contribution in [3.05, 3.63) is 33.2 Å². The van der Waals surface area contributed by atoms with Crippen LogP contribution in [0, 0.1) is 3.95 Å². The average molecular weight is 398 g/mol. The number of anilines is 2. The van der Waals surface area contributed by atoms with E-state index in [9.17, 15) is 0 Å². The molecule has 1 saturated heterocycles. The van der Waals surface area contributed by atoms with Gasteiger partial charge in [0, 0.05) is 32.7 Å². The lowest BCUT2D eigenvalue weighted by molar-refractivity contribution is 0.195. The largest absolute Gasteiger partial charge is 0.368 e. The number of halogens is 1. The summed E-state index contributed by atoms with van der Waals surface area (Å²) in [6.45, 7) is 7.76. The second kappa shape index (κ2) is 8.98. The van der Waals surface area contributed by atoms with E-state index in [0.717, 1.165) is 65.6 Å². The molecule has 3 rings (SSSR count). The predicted octanol–water partition coefficient (Wildman–Crippen LogP) is 4.32. The van der Waals surface area contributed by atoms with E-state index in [4.69, 9.17) is 23.8 Å². The second-order valence-corrected chi connectivity index (χ2v) is 8.18. The minimum atomic E-state index is 0.751. The first-order valence-electron chi connectivity index (χ1n) is 8.71. The van der Waals surface area contributed by atoms with Crippen molar-refractivity contribution in [2.75, 3.05) is 42.9 Å². The molecule has 1 aliphatic heterocycles. The van der Waals surface area contributed by atoms with Crippen LogP contribution >= 0.6 is 35.2 Å². The molecule has 0 unspecified atom stereocenters. The fourth-order valence-electron chi connectivity index (χ4n) is 2.87. The molecule has 2 heterocycles. The van der Waals surface area contributed by atoms with Gasteiger partial charge in [-0.15, -0.1) is 5.10 Å². The number of unbranched alkanes of at least 4 members (excludes halogenated alkanes) is 1. The van der Waals surface area contributed by atoms with Gasteiger partial charge in [0.05, 0.1) is 17.4 Å². The fourth-order valence-corrected chi connectivity index (χ4v) is 4.14. The van der Waals surface area contributed by atoms with Crippen LogP contribution < -0.4 is 10.2 Å². The van der Waals surface area contributed by atoms with Gasteiger partial charge < -0.3 is 10.2 Å². The first-order valence-corrected chi connectivity index (χ1v) is 10.3. The van der Waals surface area contributed by atoms with Crippen molar-refractivity contribution >= 4 is 46.0 Å². The fraction of sp³-hybridized carbons (Fsp3) is 0.529. The third-order valence-electron chi connectivity index (χ3n) is 4.31. The first kappa shape index (κ1) is 18.6. The zero-order valence-corrected chi connectivity index (χ0v) is 16.8. The second-order valence-electron chi connectivity index (χ2n) is 6.15. The van der Waals surface area contributed by atoms with Crippen molar-refractivity contribution in [2.24, 2.45) is 0 Å². The van der Waals surface area contributed by atoms with Crippen LogP contribution in [0.5, 0.6) is 0 Å². The van der Waals surface area contributed by atoms with Crippen molar-refractivity contribution in [3.8, 4) is 0 Å². The topological polar surface area (TPSA) is 36.3 Å². The number of nitrogens with zero attached hydrogens (tertiary/aromatic N) is 4. The van der Waals surface area contributed by atoms with Crippen LogP contribution in [-0.2, 0) is 6.67 Å². The lowest BCUT2D eigenvalue weighted by atomic mass is 10.2. The smallest absolute Gasteiger partial charge is 0.204 e. The van der Waals surface area contributed by atoms with Gasteiger partial charge >= 0.3 is 0 Å². The van der Waals surface area contributed by atoms with E-state index < -0.39 is 0 Å². The first-order chi connectivity index (χ1) is 12.2. The summed E-state index contributed by atoms with van der Waals surface area (Å²) in [6, 6.07) is 8.04. The summed E-state index contributed by atoms with van der Waals surface area (Å²) in [5.41, 5.74) is 1.12. The quantitative estimate of drug-likeness (QED) is 0.556. The number of para-hydroxylation sites is 1. The monoisotopic (exact) mass is 397 g/mol. The highest BCUT2D eigenvalue weighted by atomic mass is 35.5. The summed E-state index contributed by atoms with van der Waals surface area (Å²) in [4.78, 5) is 4.73. The highest BCUT2D eigenvalue weighted by molar-refractivity contribution is 7.73. The van der Waals surface area contributed by atoms with E-state index in [-0.39, 0.29) is 0 Å². The predicted molar refractivity (Wildman–Crippen MR) is 110 cm³/mol. The highest BCUT2D eigenvalue weighted by Crippen LogP contribution is 2.26. The number of aromatic nitrogens is 2. The Hall–Kier alpha value is -1.15. The molecule has 0 bridgehead atoms. The Morgan fingerprint density at radius 3 is 2.72 bits per heavy atom. The summed E-state index contributed by atoms with van der Waals surface area (Å²) in [5.74, 6) is 0. The molecule has 0 aliphatic carbocycles. The van der Waals surface area contributed by atoms with Crippen molar-refractivity contribution in [2.45, 2.75) is 26.4 Å². The Morgan fingerprint density at radius 2 is 2.00 bits per heavy atom. The Morgan fingerprint density at radius 1 is 1.24 bits per heavy atom. The van der Waals surface area contributed by atoms with Crippen molar-refractivity contribution < 1.29 is 0 Å². The van der Waals surface area contributed by atoms with Crippen LogP contribution in [0.3, 0.4) is 0 Å². The molecule has 136 valence electrons. The lowest BCUT2D eigenvalue weighted by Gasteiger charge is -2.36. The molecule has 1 aliphatic rings. The van der Waals surface area contributed by atoms with Gasteiger partial charge in [0.1, 0.15) is 0 Å². The van der Waals surface area contributed by atoms with Crippen molar-refractivity contribution in [1.29, 1.82) is 0 Å². The Bertz CT molecular complexity index is 737. The van der Waals surface area contributed by atoms with Crippen LogP contribution in [0.25, 0.3) is 0 Å². The molecular formula is C17H24ClN5S2. The molecule has 1 aromatic carbocycles. The summed E-state index contributed by atoms with van der Waals surface area (Å²) < 4.78 is 2.76. The van der Waals surface area contributed by atoms with Crippen LogP contribution in [0.4, 0.5) is 10.8 Å². The van der Waals surface area contributed by atoms with E-state index in [1.807, 2.05) is 22.9 Å². The molecule has 25 heavy (non-hydrogen) atoms. The molecule has 2 aromatic rings. The molecule has 0 atom stereocenters. The summed E-state index contributed by atoms with van der Waals surface area (Å²) in [7, 11) is 0. The maximum atomic E-state index is 6.31. The van der Waals surface area contributed by atoms with Crippen molar-refractivity contribution in [3.63, 3.8) is 0 Å². The highest BCUT2D eigenvalue weighted by Gasteiger charge is 2.19. The molecule has 0 spiro atoms. The minimum absolute atomic E-state index is 0.751. The van der Waals surface area contributed by atoms with Crippen LogP contribution in [0.2, 0.25) is 5.02 Å². The zero-order valence-electron chi connectivity index (χ0n) is 14.4. The van der Waals surface area contributed by atoms with E-state index in [0.29, 0.717) is 0 Å². The van der Waals surface area contributed by atoms with Gasteiger partial charge in [-0.25, -0.2) is 4.68 Å². The van der Waals surface area contributed by atoms with E-state index in [2.05, 4.69) is 33.2 Å². The maximum Gasteiger partial charge on any atom is 0.204 e. The molecular weight excluding hydrogens is 374 g/mol. The molecule has 1 N–H and O–H groups in total. The van der Waals surface area contributed by atoms with Gasteiger partial charge in [0.15, 0.2) is 3.95 Å². The number of hydrogen-bond acceptors (Lipinski definition) is 6. The normalized spacial score (nSPS) is 15.5. The molecule has 0 saturated carbocycles. The summed E-state index contributed by atoms with van der Waals surface area (Å²) >= 11 is 13.3. The average Bonchev–Trinajstić information content (AvgIpc) is 2.96. The van der Waals surface area contributed by atoms with Crippen LogP contribution in [0.1, 0.15) is 19.8 Å². The number of hydrogen-bond donors (Lipinski definition) is 1. The van der Waals surface area contributed by atoms with Crippen molar-refractivity contribution in [1.82, 2.24) is 14.7 Å². The molecule has 0 amide bonds. The van der Waals surface area contributed by atoms with Gasteiger partial charge in [0.25, 0.3) is 0 Å². The van der Waals surface area contributed by atoms with E-state index >= 15 is 0 Å². The van der Waals surface area contributed by atoms with Gasteiger partial charge in [-0.2, -0.15) is 0 Å². The molecule has 1 aromatic heterocycles. The van der Waals surface area contributed by atoms with Crippen LogP contribution in [0.15, 0.2) is 24.3 Å². The van der Waals surface area contributed by atoms with Gasteiger partial charge in [-0.3, -0.25) is 4.90 Å². The van der Waals surface area contributed by atoms with E-state index in [1.54, 1.807) is 11.3 Å². The SMILES string of the molecule is CCCCNc1nn(CN2CCN(c3ccccc3Cl)CC2)c(=S)s1. The Kier molecular flexibility index (Phi) is 6.70. The summed E-state index contributed by atoms with van der Waals surface area (Å²) in [6.07, 6.45) is 2.32.